The van der Waals surface area contributed by atoms with Gasteiger partial charge in [0.15, 0.2) is 0 Å². The molecule has 0 aliphatic heterocycles. The highest BCUT2D eigenvalue weighted by Crippen LogP contribution is 2.36. The first kappa shape index (κ1) is 20.2. The Hall–Kier alpha value is -0.810. The van der Waals surface area contributed by atoms with E-state index >= 15 is 0 Å². The van der Waals surface area contributed by atoms with Gasteiger partial charge in [-0.1, -0.05) is 36.6 Å². The average Bonchev–Trinajstić information content (AvgIpc) is 3.04. The largest absolute Gasteiger partial charge is 0.383 e. The standard InChI is InChI=1S/C17H25ClN2O2.ClH/c1-22-11-10-19-12-16(21)20-17(13-4-2-3-5-13)14-6-8-15(18)9-7-14;/h6-9,13,17,19H,2-5,10-12H2,1H3,(H,20,21);1H. The van der Waals surface area contributed by atoms with Gasteiger partial charge < -0.3 is 15.4 Å². The number of rotatable bonds is 8. The summed E-state index contributed by atoms with van der Waals surface area (Å²) < 4.78 is 4.96. The van der Waals surface area contributed by atoms with Crippen molar-refractivity contribution in [2.45, 2.75) is 31.7 Å². The third kappa shape index (κ3) is 6.68. The Morgan fingerprint density at radius 1 is 1.30 bits per heavy atom. The lowest BCUT2D eigenvalue weighted by Crippen LogP contribution is -2.39. The Bertz CT molecular complexity index is 462. The summed E-state index contributed by atoms with van der Waals surface area (Å²) in [5, 5.41) is 6.99. The molecule has 4 nitrogen and oxygen atoms in total. The van der Waals surface area contributed by atoms with Crippen molar-refractivity contribution >= 4 is 29.9 Å². The predicted molar refractivity (Wildman–Crippen MR) is 96.3 cm³/mol. The minimum absolute atomic E-state index is 0. The van der Waals surface area contributed by atoms with Crippen molar-refractivity contribution in [2.24, 2.45) is 5.92 Å². The van der Waals surface area contributed by atoms with Gasteiger partial charge in [-0.05, 0) is 36.5 Å². The SMILES string of the molecule is COCCNCC(=O)NC(c1ccc(Cl)cc1)C1CCCC1.Cl. The molecule has 0 heterocycles. The lowest BCUT2D eigenvalue weighted by molar-refractivity contribution is -0.121. The molecule has 1 saturated carbocycles. The molecule has 130 valence electrons. The van der Waals surface area contributed by atoms with Crippen LogP contribution in [0.3, 0.4) is 0 Å². The van der Waals surface area contributed by atoms with Crippen LogP contribution in [0, 0.1) is 5.92 Å². The molecule has 1 unspecified atom stereocenters. The van der Waals surface area contributed by atoms with Gasteiger partial charge in [-0.2, -0.15) is 0 Å². The second-order valence-corrected chi connectivity index (χ2v) is 6.25. The monoisotopic (exact) mass is 360 g/mol. The number of nitrogens with one attached hydrogen (secondary N) is 2. The van der Waals surface area contributed by atoms with Gasteiger partial charge in [0, 0.05) is 18.7 Å². The van der Waals surface area contributed by atoms with Crippen LogP contribution in [0.4, 0.5) is 0 Å². The summed E-state index contributed by atoms with van der Waals surface area (Å²) in [4.78, 5) is 12.2. The van der Waals surface area contributed by atoms with E-state index in [1.165, 1.54) is 25.7 Å². The zero-order valence-corrected chi connectivity index (χ0v) is 15.1. The maximum absolute atomic E-state index is 12.2. The quantitative estimate of drug-likeness (QED) is 0.699. The Morgan fingerprint density at radius 2 is 1.96 bits per heavy atom. The second kappa shape index (κ2) is 10.9. The smallest absolute Gasteiger partial charge is 0.234 e. The fraction of sp³-hybridized carbons (Fsp3) is 0.588. The van der Waals surface area contributed by atoms with Crippen molar-refractivity contribution in [3.05, 3.63) is 34.9 Å². The van der Waals surface area contributed by atoms with Gasteiger partial charge in [0.25, 0.3) is 0 Å². The van der Waals surface area contributed by atoms with Crippen LogP contribution in [0.25, 0.3) is 0 Å². The maximum atomic E-state index is 12.2. The van der Waals surface area contributed by atoms with Gasteiger partial charge >= 0.3 is 0 Å². The minimum atomic E-state index is 0. The lowest BCUT2D eigenvalue weighted by atomic mass is 9.91. The molecule has 0 bridgehead atoms. The summed E-state index contributed by atoms with van der Waals surface area (Å²) in [5.74, 6) is 0.548. The molecule has 1 aromatic rings. The Kier molecular flexibility index (Phi) is 9.56. The van der Waals surface area contributed by atoms with Gasteiger partial charge in [0.05, 0.1) is 19.2 Å². The summed E-state index contributed by atoms with van der Waals surface area (Å²) in [7, 11) is 1.65. The Labute approximate surface area is 149 Å². The van der Waals surface area contributed by atoms with Crippen molar-refractivity contribution in [1.29, 1.82) is 0 Å². The molecular formula is C17H26Cl2N2O2. The van der Waals surface area contributed by atoms with Crippen molar-refractivity contribution in [2.75, 3.05) is 26.8 Å². The van der Waals surface area contributed by atoms with E-state index in [4.69, 9.17) is 16.3 Å². The molecule has 2 rings (SSSR count). The predicted octanol–water partition coefficient (Wildman–Crippen LogP) is 3.35. The van der Waals surface area contributed by atoms with Gasteiger partial charge in [0.2, 0.25) is 5.91 Å². The van der Waals surface area contributed by atoms with E-state index in [-0.39, 0.29) is 24.4 Å². The van der Waals surface area contributed by atoms with Crippen LogP contribution in [0.5, 0.6) is 0 Å². The van der Waals surface area contributed by atoms with Gasteiger partial charge in [-0.25, -0.2) is 0 Å². The lowest BCUT2D eigenvalue weighted by Gasteiger charge is -2.25. The van der Waals surface area contributed by atoms with E-state index < -0.39 is 0 Å². The first-order valence-corrected chi connectivity index (χ1v) is 8.33. The molecule has 0 radical (unpaired) electrons. The highest BCUT2D eigenvalue weighted by atomic mass is 35.5. The molecule has 6 heteroatoms. The molecule has 1 fully saturated rings. The third-order valence-electron chi connectivity index (χ3n) is 4.19. The Balaban J connectivity index is 0.00000264. The molecule has 1 atom stereocenters. The fourth-order valence-corrected chi connectivity index (χ4v) is 3.16. The number of methoxy groups -OCH3 is 1. The highest BCUT2D eigenvalue weighted by Gasteiger charge is 2.27. The zero-order valence-electron chi connectivity index (χ0n) is 13.5. The second-order valence-electron chi connectivity index (χ2n) is 5.81. The van der Waals surface area contributed by atoms with Crippen LogP contribution < -0.4 is 10.6 Å². The van der Waals surface area contributed by atoms with E-state index in [0.29, 0.717) is 25.6 Å². The zero-order chi connectivity index (χ0) is 15.8. The molecule has 1 aliphatic rings. The number of halogens is 2. The number of ether oxygens (including phenoxy) is 1. The molecular weight excluding hydrogens is 335 g/mol. The van der Waals surface area contributed by atoms with Crippen LogP contribution in [-0.2, 0) is 9.53 Å². The normalized spacial score (nSPS) is 15.9. The van der Waals surface area contributed by atoms with Crippen LogP contribution in [-0.4, -0.2) is 32.7 Å². The van der Waals surface area contributed by atoms with Crippen molar-refractivity contribution in [1.82, 2.24) is 10.6 Å². The van der Waals surface area contributed by atoms with Gasteiger partial charge in [0.1, 0.15) is 0 Å². The first-order valence-electron chi connectivity index (χ1n) is 7.95. The molecule has 0 saturated heterocycles. The topological polar surface area (TPSA) is 50.4 Å². The van der Waals surface area contributed by atoms with Crippen molar-refractivity contribution in [3.63, 3.8) is 0 Å². The van der Waals surface area contributed by atoms with Crippen LogP contribution >= 0.6 is 24.0 Å². The number of hydrogen-bond donors (Lipinski definition) is 2. The van der Waals surface area contributed by atoms with E-state index in [2.05, 4.69) is 10.6 Å². The van der Waals surface area contributed by atoms with Crippen LogP contribution in [0.2, 0.25) is 5.02 Å². The maximum Gasteiger partial charge on any atom is 0.234 e. The van der Waals surface area contributed by atoms with Crippen LogP contribution in [0.15, 0.2) is 24.3 Å². The molecule has 0 spiro atoms. The van der Waals surface area contributed by atoms with E-state index in [9.17, 15) is 4.79 Å². The summed E-state index contributed by atoms with van der Waals surface area (Å²) in [6, 6.07) is 7.90. The summed E-state index contributed by atoms with van der Waals surface area (Å²) in [5.41, 5.74) is 1.14. The van der Waals surface area contributed by atoms with E-state index in [1.54, 1.807) is 7.11 Å². The van der Waals surface area contributed by atoms with Crippen molar-refractivity contribution < 1.29 is 9.53 Å². The summed E-state index contributed by atoms with van der Waals surface area (Å²) >= 11 is 5.97. The molecule has 1 aromatic carbocycles. The van der Waals surface area contributed by atoms with E-state index in [1.807, 2.05) is 24.3 Å². The number of carbonyl (C=O) groups is 1. The summed E-state index contributed by atoms with van der Waals surface area (Å²) in [6.45, 7) is 1.61. The molecule has 1 amide bonds. The number of benzene rings is 1. The van der Waals surface area contributed by atoms with Gasteiger partial charge in [-0.3, -0.25) is 4.79 Å². The van der Waals surface area contributed by atoms with Gasteiger partial charge in [-0.15, -0.1) is 12.4 Å². The van der Waals surface area contributed by atoms with Crippen LogP contribution in [0.1, 0.15) is 37.3 Å². The third-order valence-corrected chi connectivity index (χ3v) is 4.44. The molecule has 1 aliphatic carbocycles. The molecule has 2 N–H and O–H groups in total. The Morgan fingerprint density at radius 3 is 2.57 bits per heavy atom. The average molecular weight is 361 g/mol. The highest BCUT2D eigenvalue weighted by molar-refractivity contribution is 6.30. The minimum Gasteiger partial charge on any atom is -0.383 e. The number of amides is 1. The number of hydrogen-bond acceptors (Lipinski definition) is 3. The van der Waals surface area contributed by atoms with Crippen molar-refractivity contribution in [3.8, 4) is 0 Å². The number of carbonyl (C=O) groups excluding carboxylic acids is 1. The summed E-state index contributed by atoms with van der Waals surface area (Å²) in [6.07, 6.45) is 4.84. The fourth-order valence-electron chi connectivity index (χ4n) is 3.03. The first-order chi connectivity index (χ1) is 10.7. The molecule has 23 heavy (non-hydrogen) atoms. The molecule has 0 aromatic heterocycles. The van der Waals surface area contributed by atoms with E-state index in [0.717, 1.165) is 10.6 Å².